The molecule has 0 radical (unpaired) electrons. The number of nitrogens with zero attached hydrogens (tertiary/aromatic N) is 2. The van der Waals surface area contributed by atoms with Crippen molar-refractivity contribution in [1.82, 2.24) is 14.9 Å². The fraction of sp³-hybridized carbons (Fsp3) is 0.273. The number of fused-ring (bicyclic) bond motifs is 1. The highest BCUT2D eigenvalue weighted by atomic mass is 16.4. The van der Waals surface area contributed by atoms with Crippen molar-refractivity contribution < 1.29 is 14.7 Å². The van der Waals surface area contributed by atoms with E-state index in [9.17, 15) is 19.5 Å². The molecule has 0 aliphatic rings. The van der Waals surface area contributed by atoms with Gasteiger partial charge in [0.2, 0.25) is 5.91 Å². The minimum Gasteiger partial charge on any atom is -0.479 e. The van der Waals surface area contributed by atoms with Crippen molar-refractivity contribution in [2.24, 2.45) is 0 Å². The second kappa shape index (κ2) is 8.26. The van der Waals surface area contributed by atoms with Crippen LogP contribution in [0, 0.1) is 20.8 Å². The Bertz CT molecular complexity index is 1150. The molecule has 2 aromatic carbocycles. The van der Waals surface area contributed by atoms with Gasteiger partial charge in [-0.25, -0.2) is 9.78 Å². The number of nitrogens with one attached hydrogen (secondary N) is 1. The van der Waals surface area contributed by atoms with Gasteiger partial charge in [-0.2, -0.15) is 0 Å². The zero-order valence-electron chi connectivity index (χ0n) is 16.6. The van der Waals surface area contributed by atoms with Crippen molar-refractivity contribution in [2.45, 2.75) is 39.8 Å². The summed E-state index contributed by atoms with van der Waals surface area (Å²) in [7, 11) is 0. The van der Waals surface area contributed by atoms with E-state index in [2.05, 4.69) is 10.3 Å². The van der Waals surface area contributed by atoms with Crippen molar-refractivity contribution in [3.63, 3.8) is 0 Å². The maximum Gasteiger partial charge on any atom is 0.330 e. The molecule has 0 aliphatic carbocycles. The van der Waals surface area contributed by atoms with E-state index in [1.807, 2.05) is 32.9 Å². The molecule has 29 heavy (non-hydrogen) atoms. The molecular weight excluding hydrogens is 370 g/mol. The van der Waals surface area contributed by atoms with Gasteiger partial charge in [0.15, 0.2) is 6.04 Å². The molecule has 0 aliphatic heterocycles. The molecular formula is C22H23N3O4. The van der Waals surface area contributed by atoms with Crippen molar-refractivity contribution in [2.75, 3.05) is 0 Å². The summed E-state index contributed by atoms with van der Waals surface area (Å²) < 4.78 is 1.37. The highest BCUT2D eigenvalue weighted by Crippen LogP contribution is 2.18. The number of carboxylic acids is 1. The van der Waals surface area contributed by atoms with Gasteiger partial charge in [0.05, 0.1) is 17.2 Å². The van der Waals surface area contributed by atoms with Crippen molar-refractivity contribution in [3.8, 4) is 0 Å². The molecule has 1 heterocycles. The zero-order valence-corrected chi connectivity index (χ0v) is 16.6. The van der Waals surface area contributed by atoms with Crippen LogP contribution in [0.5, 0.6) is 0 Å². The Morgan fingerprint density at radius 3 is 2.55 bits per heavy atom. The Kier molecular flexibility index (Phi) is 5.77. The Morgan fingerprint density at radius 1 is 1.10 bits per heavy atom. The second-order valence-corrected chi connectivity index (χ2v) is 7.15. The number of carboxylic acid groups (broad SMARTS) is 1. The summed E-state index contributed by atoms with van der Waals surface area (Å²) in [5.74, 6) is -1.59. The summed E-state index contributed by atoms with van der Waals surface area (Å²) in [6, 6.07) is 9.51. The molecule has 0 bridgehead atoms. The minimum atomic E-state index is -1.14. The first-order valence-electron chi connectivity index (χ1n) is 9.32. The van der Waals surface area contributed by atoms with Crippen LogP contribution >= 0.6 is 0 Å². The van der Waals surface area contributed by atoms with Crippen LogP contribution in [0.25, 0.3) is 10.9 Å². The topological polar surface area (TPSA) is 101 Å². The molecule has 0 fully saturated rings. The third-order valence-corrected chi connectivity index (χ3v) is 5.05. The lowest BCUT2D eigenvalue weighted by molar-refractivity contribution is -0.142. The predicted molar refractivity (Wildman–Crippen MR) is 110 cm³/mol. The largest absolute Gasteiger partial charge is 0.479 e. The Hall–Kier alpha value is -3.48. The summed E-state index contributed by atoms with van der Waals surface area (Å²) in [5, 5.41) is 12.6. The third kappa shape index (κ3) is 4.34. The summed E-state index contributed by atoms with van der Waals surface area (Å²) in [5.41, 5.74) is 3.82. The smallest absolute Gasteiger partial charge is 0.330 e. The maximum atomic E-state index is 12.6. The van der Waals surface area contributed by atoms with E-state index in [0.29, 0.717) is 16.5 Å². The lowest BCUT2D eigenvalue weighted by Gasteiger charge is -2.16. The molecule has 3 aromatic rings. The van der Waals surface area contributed by atoms with Gasteiger partial charge < -0.3 is 10.4 Å². The van der Waals surface area contributed by atoms with E-state index in [1.165, 1.54) is 10.9 Å². The summed E-state index contributed by atoms with van der Waals surface area (Å²) in [6.07, 6.45) is 1.39. The summed E-state index contributed by atoms with van der Waals surface area (Å²) in [6.45, 7) is 5.82. The molecule has 7 heteroatoms. The molecule has 7 nitrogen and oxygen atoms in total. The van der Waals surface area contributed by atoms with E-state index in [0.717, 1.165) is 16.7 Å². The molecule has 0 saturated carbocycles. The fourth-order valence-corrected chi connectivity index (χ4v) is 3.18. The number of hydrogen-bond donors (Lipinski definition) is 2. The minimum absolute atomic E-state index is 0.0342. The molecule has 1 unspecified atom stereocenters. The van der Waals surface area contributed by atoms with Gasteiger partial charge in [0, 0.05) is 13.0 Å². The maximum absolute atomic E-state index is 12.6. The normalized spacial score (nSPS) is 12.0. The lowest BCUT2D eigenvalue weighted by atomic mass is 10.0. The van der Waals surface area contributed by atoms with E-state index in [-0.39, 0.29) is 18.5 Å². The highest BCUT2D eigenvalue weighted by Gasteiger charge is 2.22. The first kappa shape index (κ1) is 20.3. The van der Waals surface area contributed by atoms with Crippen LogP contribution in [0.15, 0.2) is 47.5 Å². The van der Waals surface area contributed by atoms with Crippen LogP contribution in [-0.2, 0) is 16.1 Å². The Balaban J connectivity index is 1.74. The predicted octanol–water partition coefficient (Wildman–Crippen LogP) is 2.65. The number of hydrogen-bond acceptors (Lipinski definition) is 4. The second-order valence-electron chi connectivity index (χ2n) is 7.15. The number of carbonyl (C=O) groups is 2. The lowest BCUT2D eigenvalue weighted by Crippen LogP contribution is -2.35. The highest BCUT2D eigenvalue weighted by molar-refractivity contribution is 5.84. The average Bonchev–Trinajstić information content (AvgIpc) is 2.68. The molecule has 1 aromatic heterocycles. The van der Waals surface area contributed by atoms with Gasteiger partial charge in [-0.15, -0.1) is 0 Å². The number of rotatable bonds is 6. The summed E-state index contributed by atoms with van der Waals surface area (Å²) in [4.78, 5) is 41.0. The van der Waals surface area contributed by atoms with E-state index < -0.39 is 17.9 Å². The molecule has 3 rings (SSSR count). The van der Waals surface area contributed by atoms with Gasteiger partial charge in [-0.1, -0.05) is 30.3 Å². The van der Waals surface area contributed by atoms with Crippen LogP contribution in [0.1, 0.15) is 34.7 Å². The molecule has 2 N–H and O–H groups in total. The number of aryl methyl sites for hydroxylation is 4. The average molecular weight is 393 g/mol. The number of amides is 1. The molecule has 1 amide bonds. The molecule has 1 atom stereocenters. The van der Waals surface area contributed by atoms with E-state index in [4.69, 9.17) is 0 Å². The first-order valence-corrected chi connectivity index (χ1v) is 9.32. The van der Waals surface area contributed by atoms with Gasteiger partial charge in [-0.05, 0) is 49.1 Å². The fourth-order valence-electron chi connectivity index (χ4n) is 3.18. The van der Waals surface area contributed by atoms with Gasteiger partial charge in [-0.3, -0.25) is 14.2 Å². The van der Waals surface area contributed by atoms with Crippen LogP contribution in [0.2, 0.25) is 0 Å². The first-order chi connectivity index (χ1) is 13.8. The Labute approximate surface area is 168 Å². The number of para-hydroxylation sites is 1. The third-order valence-electron chi connectivity index (χ3n) is 5.05. The molecule has 0 saturated heterocycles. The molecule has 150 valence electrons. The van der Waals surface area contributed by atoms with Crippen LogP contribution in [0.4, 0.5) is 0 Å². The van der Waals surface area contributed by atoms with Crippen LogP contribution in [-0.4, -0.2) is 26.5 Å². The summed E-state index contributed by atoms with van der Waals surface area (Å²) >= 11 is 0. The Morgan fingerprint density at radius 2 is 1.86 bits per heavy atom. The van der Waals surface area contributed by atoms with Crippen molar-refractivity contribution >= 4 is 22.8 Å². The van der Waals surface area contributed by atoms with Gasteiger partial charge in [0.25, 0.3) is 5.56 Å². The standard InChI is InChI=1S/C22H23N3O4/c1-13-7-8-16(11-15(13)3)20(22(28)29)24-18(26)9-10-25-12-23-19-14(2)5-4-6-17(19)21(25)27/h4-8,11-12,20H,9-10H2,1-3H3,(H,24,26)(H,28,29). The van der Waals surface area contributed by atoms with E-state index >= 15 is 0 Å². The van der Waals surface area contributed by atoms with E-state index in [1.54, 1.807) is 24.3 Å². The van der Waals surface area contributed by atoms with Crippen molar-refractivity contribution in [3.05, 3.63) is 75.3 Å². The van der Waals surface area contributed by atoms with Crippen molar-refractivity contribution in [1.29, 1.82) is 0 Å². The number of carbonyl (C=O) groups excluding carboxylic acids is 1. The number of benzene rings is 2. The number of aromatic nitrogens is 2. The zero-order chi connectivity index (χ0) is 21.1. The monoisotopic (exact) mass is 393 g/mol. The number of aliphatic carboxylic acids is 1. The molecule has 0 spiro atoms. The van der Waals surface area contributed by atoms with Gasteiger partial charge >= 0.3 is 5.97 Å². The quantitative estimate of drug-likeness (QED) is 0.670. The van der Waals surface area contributed by atoms with Crippen LogP contribution in [0.3, 0.4) is 0 Å². The SMILES string of the molecule is Cc1ccc(C(NC(=O)CCn2cnc3c(C)cccc3c2=O)C(=O)O)cc1C. The van der Waals surface area contributed by atoms with Gasteiger partial charge in [0.1, 0.15) is 0 Å². The van der Waals surface area contributed by atoms with Crippen LogP contribution < -0.4 is 10.9 Å².